The first-order chi connectivity index (χ1) is 9.24. The Hall–Kier alpha value is -1.69. The predicted molar refractivity (Wildman–Crippen MR) is 69.5 cm³/mol. The van der Waals surface area contributed by atoms with Crippen LogP contribution in [0.25, 0.3) is 0 Å². The van der Waals surface area contributed by atoms with Gasteiger partial charge in [-0.1, -0.05) is 5.16 Å². The number of rotatable bonds is 6. The van der Waals surface area contributed by atoms with Crippen LogP contribution in [0.2, 0.25) is 0 Å². The maximum atomic E-state index is 5.24. The molecule has 6 nitrogen and oxygen atoms in total. The average molecular weight is 261 g/mol. The molecular weight excluding hydrogens is 242 g/mol. The van der Waals surface area contributed by atoms with Gasteiger partial charge in [-0.25, -0.2) is 0 Å². The third-order valence-electron chi connectivity index (χ3n) is 3.67. The molecule has 0 aromatic carbocycles. The van der Waals surface area contributed by atoms with E-state index in [4.69, 9.17) is 4.52 Å². The molecule has 2 aromatic heterocycles. The lowest BCUT2D eigenvalue weighted by Crippen LogP contribution is -2.33. The quantitative estimate of drug-likeness (QED) is 0.860. The molecule has 1 saturated carbocycles. The van der Waals surface area contributed by atoms with Crippen molar-refractivity contribution < 1.29 is 4.52 Å². The van der Waals surface area contributed by atoms with Crippen LogP contribution in [0.15, 0.2) is 23.0 Å². The maximum absolute atomic E-state index is 5.24. The summed E-state index contributed by atoms with van der Waals surface area (Å²) in [4.78, 5) is 4.40. The Bertz CT molecular complexity index is 517. The first-order valence-corrected chi connectivity index (χ1v) is 6.79. The molecule has 102 valence electrons. The summed E-state index contributed by atoms with van der Waals surface area (Å²) in [7, 11) is 0. The zero-order valence-corrected chi connectivity index (χ0v) is 11.3. The Morgan fingerprint density at radius 1 is 1.47 bits per heavy atom. The van der Waals surface area contributed by atoms with Crippen molar-refractivity contribution in [3.05, 3.63) is 30.2 Å². The van der Waals surface area contributed by atoms with Crippen LogP contribution in [0.3, 0.4) is 0 Å². The molecule has 1 aliphatic rings. The second-order valence-electron chi connectivity index (χ2n) is 5.22. The molecule has 0 unspecified atom stereocenters. The SMILES string of the molecule is C[C@H](NCc1nc(C2CC2)no1)[C@H](C)n1cccn1. The van der Waals surface area contributed by atoms with E-state index in [-0.39, 0.29) is 12.1 Å². The summed E-state index contributed by atoms with van der Waals surface area (Å²) < 4.78 is 7.19. The molecule has 0 radical (unpaired) electrons. The monoisotopic (exact) mass is 261 g/mol. The van der Waals surface area contributed by atoms with Gasteiger partial charge in [0.2, 0.25) is 5.89 Å². The van der Waals surface area contributed by atoms with Crippen molar-refractivity contribution in [3.8, 4) is 0 Å². The summed E-state index contributed by atoms with van der Waals surface area (Å²) in [5.74, 6) is 2.07. The van der Waals surface area contributed by atoms with E-state index in [1.807, 2.05) is 16.9 Å². The molecule has 1 N–H and O–H groups in total. The van der Waals surface area contributed by atoms with Crippen LogP contribution in [0.5, 0.6) is 0 Å². The van der Waals surface area contributed by atoms with Crippen molar-refractivity contribution in [2.75, 3.05) is 0 Å². The minimum absolute atomic E-state index is 0.274. The second-order valence-corrected chi connectivity index (χ2v) is 5.22. The first-order valence-electron chi connectivity index (χ1n) is 6.79. The molecule has 6 heteroatoms. The van der Waals surface area contributed by atoms with E-state index < -0.39 is 0 Å². The maximum Gasteiger partial charge on any atom is 0.240 e. The fourth-order valence-corrected chi connectivity index (χ4v) is 2.02. The van der Waals surface area contributed by atoms with Gasteiger partial charge >= 0.3 is 0 Å². The zero-order valence-electron chi connectivity index (χ0n) is 11.3. The molecule has 0 aliphatic heterocycles. The summed E-state index contributed by atoms with van der Waals surface area (Å²) in [6, 6.07) is 2.49. The summed E-state index contributed by atoms with van der Waals surface area (Å²) in [5, 5.41) is 11.7. The number of hydrogen-bond donors (Lipinski definition) is 1. The molecule has 1 fully saturated rings. The van der Waals surface area contributed by atoms with Crippen molar-refractivity contribution in [2.24, 2.45) is 0 Å². The first kappa shape index (κ1) is 12.3. The third-order valence-corrected chi connectivity index (χ3v) is 3.67. The van der Waals surface area contributed by atoms with Crippen LogP contribution in [0.4, 0.5) is 0 Å². The van der Waals surface area contributed by atoms with E-state index in [1.54, 1.807) is 6.20 Å². The lowest BCUT2D eigenvalue weighted by atomic mass is 10.2. The Kier molecular flexibility index (Phi) is 3.33. The smallest absolute Gasteiger partial charge is 0.240 e. The van der Waals surface area contributed by atoms with Gasteiger partial charge in [0.25, 0.3) is 0 Å². The second kappa shape index (κ2) is 5.13. The van der Waals surface area contributed by atoms with E-state index in [1.165, 1.54) is 12.8 Å². The highest BCUT2D eigenvalue weighted by molar-refractivity contribution is 5.03. The summed E-state index contributed by atoms with van der Waals surface area (Å²) in [6.45, 7) is 4.87. The fourth-order valence-electron chi connectivity index (χ4n) is 2.02. The van der Waals surface area contributed by atoms with Gasteiger partial charge in [0.1, 0.15) is 0 Å². The number of nitrogens with zero attached hydrogens (tertiary/aromatic N) is 4. The number of nitrogens with one attached hydrogen (secondary N) is 1. The van der Waals surface area contributed by atoms with E-state index in [9.17, 15) is 0 Å². The van der Waals surface area contributed by atoms with Gasteiger partial charge in [-0.2, -0.15) is 10.1 Å². The van der Waals surface area contributed by atoms with Crippen molar-refractivity contribution >= 4 is 0 Å². The van der Waals surface area contributed by atoms with Crippen LogP contribution in [-0.2, 0) is 6.54 Å². The number of hydrogen-bond acceptors (Lipinski definition) is 5. The minimum atomic E-state index is 0.274. The topological polar surface area (TPSA) is 68.8 Å². The lowest BCUT2D eigenvalue weighted by Gasteiger charge is -2.20. The highest BCUT2D eigenvalue weighted by Crippen LogP contribution is 2.38. The van der Waals surface area contributed by atoms with E-state index in [0.717, 1.165) is 5.82 Å². The van der Waals surface area contributed by atoms with Gasteiger partial charge in [0.15, 0.2) is 5.82 Å². The molecule has 0 amide bonds. The van der Waals surface area contributed by atoms with Crippen LogP contribution in [0.1, 0.15) is 50.4 Å². The van der Waals surface area contributed by atoms with Gasteiger partial charge in [0, 0.05) is 24.4 Å². The Labute approximate surface area is 112 Å². The zero-order chi connectivity index (χ0) is 13.2. The van der Waals surface area contributed by atoms with Crippen LogP contribution in [0, 0.1) is 0 Å². The van der Waals surface area contributed by atoms with E-state index >= 15 is 0 Å². The molecule has 2 aromatic rings. The van der Waals surface area contributed by atoms with Crippen LogP contribution in [-0.4, -0.2) is 26.0 Å². The van der Waals surface area contributed by atoms with Gasteiger partial charge in [0.05, 0.1) is 12.6 Å². The highest BCUT2D eigenvalue weighted by Gasteiger charge is 2.28. The average Bonchev–Trinajstić information content (AvgIpc) is 2.96. The molecule has 19 heavy (non-hydrogen) atoms. The highest BCUT2D eigenvalue weighted by atomic mass is 16.5. The fraction of sp³-hybridized carbons (Fsp3) is 0.615. The molecule has 3 rings (SSSR count). The van der Waals surface area contributed by atoms with Crippen LogP contribution >= 0.6 is 0 Å². The Morgan fingerprint density at radius 2 is 2.32 bits per heavy atom. The van der Waals surface area contributed by atoms with Gasteiger partial charge in [-0.05, 0) is 32.8 Å². The molecular formula is C13H19N5O. The van der Waals surface area contributed by atoms with Crippen molar-refractivity contribution in [3.63, 3.8) is 0 Å². The minimum Gasteiger partial charge on any atom is -0.338 e. The molecule has 2 atom stereocenters. The van der Waals surface area contributed by atoms with Crippen molar-refractivity contribution in [1.82, 2.24) is 25.2 Å². The Balaban J connectivity index is 1.53. The van der Waals surface area contributed by atoms with Gasteiger partial charge in [-0.3, -0.25) is 4.68 Å². The predicted octanol–water partition coefficient (Wildman–Crippen LogP) is 1.88. The third kappa shape index (κ3) is 2.84. The van der Waals surface area contributed by atoms with Crippen molar-refractivity contribution in [1.29, 1.82) is 0 Å². The molecule has 0 saturated heterocycles. The van der Waals surface area contributed by atoms with Crippen molar-refractivity contribution in [2.45, 2.75) is 51.2 Å². The summed E-state index contributed by atoms with van der Waals surface area (Å²) in [5.41, 5.74) is 0. The normalized spacial score (nSPS) is 18.4. The van der Waals surface area contributed by atoms with E-state index in [0.29, 0.717) is 18.4 Å². The summed E-state index contributed by atoms with van der Waals surface area (Å²) >= 11 is 0. The number of aromatic nitrogens is 4. The largest absolute Gasteiger partial charge is 0.338 e. The molecule has 0 bridgehead atoms. The molecule has 2 heterocycles. The molecule has 1 aliphatic carbocycles. The van der Waals surface area contributed by atoms with Gasteiger partial charge < -0.3 is 9.84 Å². The van der Waals surface area contributed by atoms with Crippen LogP contribution < -0.4 is 5.32 Å². The van der Waals surface area contributed by atoms with E-state index in [2.05, 4.69) is 34.4 Å². The van der Waals surface area contributed by atoms with Gasteiger partial charge in [-0.15, -0.1) is 0 Å². The lowest BCUT2D eigenvalue weighted by molar-refractivity contribution is 0.323. The Morgan fingerprint density at radius 3 is 3.00 bits per heavy atom. The summed E-state index contributed by atoms with van der Waals surface area (Å²) in [6.07, 6.45) is 6.15. The molecule has 0 spiro atoms. The standard InChI is InChI=1S/C13H19N5O/c1-9(10(2)18-7-3-6-15-18)14-8-12-16-13(17-19-12)11-4-5-11/h3,6-7,9-11,14H,4-5,8H2,1-2H3/t9-,10-/m0/s1.